The summed E-state index contributed by atoms with van der Waals surface area (Å²) in [4.78, 5) is 72.9. The Morgan fingerprint density at radius 1 is 0.402 bits per heavy atom. The van der Waals surface area contributed by atoms with Crippen LogP contribution < -0.4 is 54.9 Å². The Balaban J connectivity index is 0.000000189. The number of rotatable bonds is 3. The normalized spacial score (nSPS) is 14.7. The second-order valence-corrected chi connectivity index (χ2v) is 27.4. The molecular formula is C63H70Cl4F8N25NaO6. The topological polar surface area (TPSA) is 345 Å². The van der Waals surface area contributed by atoms with Gasteiger partial charge in [0, 0.05) is 153 Å². The maximum Gasteiger partial charge on any atom is 1.00 e. The van der Waals surface area contributed by atoms with Crippen LogP contribution in [0.3, 0.4) is 0 Å². The van der Waals surface area contributed by atoms with Crippen molar-refractivity contribution in [3.05, 3.63) is 127 Å². The molecule has 3 amide bonds. The zero-order valence-electron chi connectivity index (χ0n) is 59.2. The van der Waals surface area contributed by atoms with E-state index in [1.165, 1.54) is 13.9 Å². The number of nitrogens with one attached hydrogen (secondary N) is 2. The van der Waals surface area contributed by atoms with Gasteiger partial charge in [0.25, 0.3) is 0 Å². The number of piperazine rings is 4. The van der Waals surface area contributed by atoms with Gasteiger partial charge in [0.05, 0.1) is 44.1 Å². The number of tetrazole rings is 2. The molecule has 2 N–H and O–H groups in total. The minimum atomic E-state index is -0.999. The van der Waals surface area contributed by atoms with E-state index in [0.29, 0.717) is 92.1 Å². The summed E-state index contributed by atoms with van der Waals surface area (Å²) in [6.07, 6.45) is -0.940. The SMILES string of the molecule is CC(C)(C)OC(=O)N1CCN(c2nc3cc(F)c(F)cc3n3nnnc23)CC1.CC(C)(C)OC(=O)N1CCN(c2nc3cc(F)c(F)cc3nc2Cl)CC1.CC(C)(C)OC(=O)N1CCNCC1.Cl.Fc1cc2nc(Cl)c(Cl)nc2cc1F.Fc1cc2nc(N3CCNCC3)c3nnnn3c2cc1F.[N-]=[N+]=[N-].[Na+]. The summed E-state index contributed by atoms with van der Waals surface area (Å²) in [6.45, 7) is 26.5. The number of carbonyl (C=O) groups is 3. The number of halogens is 12. The van der Waals surface area contributed by atoms with Gasteiger partial charge < -0.3 is 65.3 Å². The van der Waals surface area contributed by atoms with Crippen LogP contribution in [0, 0.1) is 46.5 Å². The Morgan fingerprint density at radius 2 is 0.664 bits per heavy atom. The van der Waals surface area contributed by atoms with Crippen molar-refractivity contribution in [3.8, 4) is 0 Å². The molecule has 0 bridgehead atoms. The summed E-state index contributed by atoms with van der Waals surface area (Å²) in [6, 6.07) is 7.96. The van der Waals surface area contributed by atoms with Crippen molar-refractivity contribution in [1.29, 1.82) is 0 Å². The van der Waals surface area contributed by atoms with Gasteiger partial charge in [0.1, 0.15) is 16.8 Å². The van der Waals surface area contributed by atoms with Crippen LogP contribution in [0.5, 0.6) is 0 Å². The predicted molar refractivity (Wildman–Crippen MR) is 379 cm³/mol. The van der Waals surface area contributed by atoms with Crippen molar-refractivity contribution in [2.45, 2.75) is 79.1 Å². The molecule has 31 nitrogen and oxygen atoms in total. The maximum atomic E-state index is 13.7. The van der Waals surface area contributed by atoms with Gasteiger partial charge in [0.2, 0.25) is 11.3 Å². The van der Waals surface area contributed by atoms with Gasteiger partial charge >= 0.3 is 47.8 Å². The molecule has 0 saturated carbocycles. The minimum absolute atomic E-state index is 0. The molecular weight excluding hydrogens is 1520 g/mol. The van der Waals surface area contributed by atoms with Crippen LogP contribution in [0.2, 0.25) is 15.5 Å². The molecule has 4 aromatic carbocycles. The van der Waals surface area contributed by atoms with Gasteiger partial charge in [0.15, 0.2) is 79.5 Å². The van der Waals surface area contributed by atoms with Crippen molar-refractivity contribution in [3.63, 3.8) is 0 Å². The van der Waals surface area contributed by atoms with Gasteiger partial charge in [-0.3, -0.25) is 4.91 Å². The van der Waals surface area contributed by atoms with Crippen molar-refractivity contribution in [2.24, 2.45) is 0 Å². The maximum absolute atomic E-state index is 13.7. The molecule has 10 heterocycles. The fourth-order valence-electron chi connectivity index (χ4n) is 10.4. The molecule has 0 unspecified atom stereocenters. The van der Waals surface area contributed by atoms with Crippen molar-refractivity contribution in [2.75, 3.05) is 119 Å². The Bertz CT molecular complexity index is 4770. The Kier molecular flexibility index (Phi) is 29.3. The fourth-order valence-corrected chi connectivity index (χ4v) is 11.0. The van der Waals surface area contributed by atoms with E-state index in [-0.39, 0.29) is 114 Å². The summed E-state index contributed by atoms with van der Waals surface area (Å²) in [5, 5.41) is 29.4. The second kappa shape index (κ2) is 36.8. The first-order chi connectivity index (χ1) is 49.6. The zero-order chi connectivity index (χ0) is 76.4. The molecule has 44 heteroatoms. The van der Waals surface area contributed by atoms with E-state index in [4.69, 9.17) is 60.1 Å². The molecule has 10 aromatic rings. The summed E-state index contributed by atoms with van der Waals surface area (Å²) in [7, 11) is 0. The molecule has 568 valence electrons. The molecule has 0 spiro atoms. The Morgan fingerprint density at radius 3 is 1.00 bits per heavy atom. The molecule has 0 aliphatic carbocycles. The molecule has 4 fully saturated rings. The van der Waals surface area contributed by atoms with Crippen molar-refractivity contribution in [1.82, 2.24) is 95.3 Å². The van der Waals surface area contributed by atoms with Crippen LogP contribution >= 0.6 is 47.2 Å². The van der Waals surface area contributed by atoms with Gasteiger partial charge in [-0.05, 0) is 83.2 Å². The van der Waals surface area contributed by atoms with Gasteiger partial charge in [-0.1, -0.05) is 34.8 Å². The number of nitrogens with zero attached hydrogens (tertiary/aromatic N) is 23. The molecule has 14 rings (SSSR count). The van der Waals surface area contributed by atoms with E-state index in [0.717, 1.165) is 101 Å². The first-order valence-corrected chi connectivity index (χ1v) is 33.3. The van der Waals surface area contributed by atoms with Crippen molar-refractivity contribution >= 4 is 138 Å². The molecule has 4 saturated heterocycles. The van der Waals surface area contributed by atoms with Crippen molar-refractivity contribution < 1.29 is 93.3 Å². The number of ether oxygens (including phenoxy) is 3. The molecule has 0 atom stereocenters. The molecule has 4 aliphatic rings. The summed E-state index contributed by atoms with van der Waals surface area (Å²) < 4.78 is 125. The number of carbonyl (C=O) groups excluding carboxylic acids is 3. The third-order valence-corrected chi connectivity index (χ3v) is 16.1. The Hall–Kier alpha value is -8.92. The fraction of sp³-hybridized carbons (Fsp3) is 0.444. The third kappa shape index (κ3) is 22.4. The summed E-state index contributed by atoms with van der Waals surface area (Å²) >= 11 is 17.3. The summed E-state index contributed by atoms with van der Waals surface area (Å²) in [5.41, 5.74) is 14.7. The number of anilines is 3. The second-order valence-electron chi connectivity index (χ2n) is 26.3. The first-order valence-electron chi connectivity index (χ1n) is 32.2. The number of benzene rings is 4. The largest absolute Gasteiger partial charge is 1.00 e. The van der Waals surface area contributed by atoms with Crippen LogP contribution in [0.25, 0.3) is 71.4 Å². The van der Waals surface area contributed by atoms with Crippen LogP contribution in [0.1, 0.15) is 62.3 Å². The van der Waals surface area contributed by atoms with E-state index < -0.39 is 57.7 Å². The van der Waals surface area contributed by atoms with E-state index in [2.05, 4.69) is 71.6 Å². The van der Waals surface area contributed by atoms with E-state index in [1.807, 2.05) is 77.0 Å². The molecule has 0 radical (unpaired) electrons. The zero-order valence-corrected chi connectivity index (χ0v) is 64.3. The quantitative estimate of drug-likeness (QED) is 0.0419. The van der Waals surface area contributed by atoms with Crippen LogP contribution in [0.4, 0.5) is 67.0 Å². The molecule has 4 aliphatic heterocycles. The van der Waals surface area contributed by atoms with Gasteiger partial charge in [-0.25, -0.2) is 79.4 Å². The smallest absolute Gasteiger partial charge is 0.444 e. The molecule has 6 aromatic heterocycles. The van der Waals surface area contributed by atoms with Gasteiger partial charge in [-0.2, -0.15) is 9.03 Å². The van der Waals surface area contributed by atoms with E-state index in [9.17, 15) is 49.5 Å². The van der Waals surface area contributed by atoms with E-state index in [1.54, 1.807) is 14.7 Å². The van der Waals surface area contributed by atoms with Crippen LogP contribution in [-0.2, 0) is 14.2 Å². The minimum Gasteiger partial charge on any atom is -0.444 e. The number of hydrogen-bond donors (Lipinski definition) is 2. The number of fused-ring (bicyclic) bond motifs is 8. The van der Waals surface area contributed by atoms with Gasteiger partial charge in [-0.15, -0.1) is 22.6 Å². The predicted octanol–water partition coefficient (Wildman–Crippen LogP) is 8.32. The number of aromatic nitrogens is 14. The Labute approximate surface area is 648 Å². The average molecular weight is 1590 g/mol. The molecule has 107 heavy (non-hydrogen) atoms. The third-order valence-electron chi connectivity index (χ3n) is 15.2. The van der Waals surface area contributed by atoms with E-state index >= 15 is 0 Å². The average Bonchev–Trinajstić information content (AvgIpc) is 1.72. The van der Waals surface area contributed by atoms with Crippen LogP contribution in [-0.4, -0.2) is 224 Å². The monoisotopic (exact) mass is 1590 g/mol. The number of amides is 3. The number of hydrogen-bond acceptors (Lipinski definition) is 23. The standard InChI is InChI=1S/C17H19ClF2N4O2.C17H19F2N7O2.C12H11F2N7.C9H18N2O2.C8H2Cl2F2N2.ClH.N3.Na/c1-17(2,3)26-16(25)24-6-4-23(5-7-24)15-14(18)21-12-8-10(19)11(20)9-13(12)22-15;1-17(2,3)28-16(27)25-6-4-24(5-7-25)14-15-21-22-23-26(15)13-9-11(19)10(18)8-12(13)20-14;13-7-5-9-10(6-8(7)14)21-12(17-18-19-21)11(16-9)20-3-1-15-2-4-20;1-9(2,3)13-8(12)11-6-4-10-5-7-11;9-7-8(10)14-6-2-4(12)3(11)1-5(6)13-7;;1-3-2;/h8-9H,4-7H2,1-3H3;8-9H,4-7H2,1-3H3;5-6,15H,1-4H2;10H,4-7H2,1-3H3;1-2H;1H;;/q;;;;;;-1;+1. The van der Waals surface area contributed by atoms with Crippen LogP contribution in [0.15, 0.2) is 48.5 Å². The summed E-state index contributed by atoms with van der Waals surface area (Å²) in [5.74, 6) is -6.43. The first kappa shape index (κ1) is 85.3.